The Morgan fingerprint density at radius 3 is 2.79 bits per heavy atom. The first kappa shape index (κ1) is 10.8. The lowest BCUT2D eigenvalue weighted by Gasteiger charge is -2.07. The molecule has 1 aromatic rings. The van der Waals surface area contributed by atoms with Crippen molar-refractivity contribution in [2.75, 3.05) is 13.7 Å². The summed E-state index contributed by atoms with van der Waals surface area (Å²) in [5.41, 5.74) is 5.78. The molecule has 0 aliphatic heterocycles. The normalized spacial score (nSPS) is 10.2. The number of aryl methyl sites for hydroxylation is 1. The average molecular weight is 199 g/mol. The molecule has 0 heterocycles. The van der Waals surface area contributed by atoms with E-state index in [1.165, 1.54) is 7.11 Å². The van der Waals surface area contributed by atoms with Gasteiger partial charge in [-0.15, -0.1) is 0 Å². The molecule has 1 aromatic carbocycles. The van der Waals surface area contributed by atoms with E-state index in [0.717, 1.165) is 0 Å². The Morgan fingerprint density at radius 1 is 1.50 bits per heavy atom. The maximum atomic E-state index is 13.4. The fraction of sp³-hybridized carbons (Fsp3) is 0.400. The van der Waals surface area contributed by atoms with Gasteiger partial charge < -0.3 is 15.6 Å². The number of phenolic OH excluding ortho intramolecular Hbond substituents is 1. The van der Waals surface area contributed by atoms with E-state index in [9.17, 15) is 9.50 Å². The Balaban J connectivity index is 2.92. The molecule has 0 fully saturated rings. The molecule has 3 N–H and O–H groups in total. The van der Waals surface area contributed by atoms with Crippen molar-refractivity contribution in [1.82, 2.24) is 0 Å². The molecule has 14 heavy (non-hydrogen) atoms. The standard InChI is InChI=1S/C10H14FNO2/c1-14-8-5-4-7(3-2-6-12)9(11)10(8)13/h4-5,13H,2-3,6,12H2,1H3. The highest BCUT2D eigenvalue weighted by atomic mass is 19.1. The lowest BCUT2D eigenvalue weighted by molar-refractivity contribution is 0.355. The topological polar surface area (TPSA) is 55.5 Å². The van der Waals surface area contributed by atoms with Crippen LogP contribution in [0.4, 0.5) is 4.39 Å². The Bertz CT molecular complexity index is 315. The number of hydrogen-bond acceptors (Lipinski definition) is 3. The average Bonchev–Trinajstić information content (AvgIpc) is 2.20. The van der Waals surface area contributed by atoms with E-state index in [2.05, 4.69) is 0 Å². The predicted molar refractivity (Wildman–Crippen MR) is 52.0 cm³/mol. The molecule has 0 atom stereocenters. The van der Waals surface area contributed by atoms with Crippen molar-refractivity contribution in [2.24, 2.45) is 5.73 Å². The number of rotatable bonds is 4. The monoisotopic (exact) mass is 199 g/mol. The van der Waals surface area contributed by atoms with Crippen molar-refractivity contribution in [1.29, 1.82) is 0 Å². The molecular formula is C10H14FNO2. The lowest BCUT2D eigenvalue weighted by Crippen LogP contribution is -2.02. The van der Waals surface area contributed by atoms with Crippen molar-refractivity contribution in [3.63, 3.8) is 0 Å². The van der Waals surface area contributed by atoms with Gasteiger partial charge in [0.2, 0.25) is 0 Å². The summed E-state index contributed by atoms with van der Waals surface area (Å²) < 4.78 is 18.2. The lowest BCUT2D eigenvalue weighted by atomic mass is 10.1. The molecule has 78 valence electrons. The van der Waals surface area contributed by atoms with Crippen LogP contribution in [0.15, 0.2) is 12.1 Å². The van der Waals surface area contributed by atoms with Gasteiger partial charge in [0.05, 0.1) is 7.11 Å². The zero-order chi connectivity index (χ0) is 10.6. The number of halogens is 1. The van der Waals surface area contributed by atoms with E-state index < -0.39 is 11.6 Å². The highest BCUT2D eigenvalue weighted by Gasteiger charge is 2.11. The fourth-order valence-corrected chi connectivity index (χ4v) is 1.24. The van der Waals surface area contributed by atoms with Crippen LogP contribution in [0, 0.1) is 5.82 Å². The molecule has 0 aliphatic rings. The van der Waals surface area contributed by atoms with Crippen LogP contribution in [0.3, 0.4) is 0 Å². The van der Waals surface area contributed by atoms with Crippen LogP contribution in [0.1, 0.15) is 12.0 Å². The minimum absolute atomic E-state index is 0.152. The third-order valence-corrected chi connectivity index (χ3v) is 2.03. The van der Waals surface area contributed by atoms with Gasteiger partial charge in [0.25, 0.3) is 0 Å². The van der Waals surface area contributed by atoms with E-state index in [4.69, 9.17) is 10.5 Å². The summed E-state index contributed by atoms with van der Waals surface area (Å²) in [5.74, 6) is -0.890. The van der Waals surface area contributed by atoms with E-state index in [1.807, 2.05) is 0 Å². The van der Waals surface area contributed by atoms with Crippen LogP contribution >= 0.6 is 0 Å². The third kappa shape index (κ3) is 2.14. The van der Waals surface area contributed by atoms with Gasteiger partial charge in [0.1, 0.15) is 0 Å². The molecule has 1 rings (SSSR count). The summed E-state index contributed by atoms with van der Waals surface area (Å²) in [7, 11) is 1.38. The second-order valence-electron chi connectivity index (χ2n) is 2.98. The molecule has 0 aliphatic carbocycles. The number of benzene rings is 1. The van der Waals surface area contributed by atoms with Gasteiger partial charge in [-0.25, -0.2) is 4.39 Å². The highest BCUT2D eigenvalue weighted by Crippen LogP contribution is 2.31. The molecule has 0 aromatic heterocycles. The van der Waals surface area contributed by atoms with Gasteiger partial charge in [-0.3, -0.25) is 0 Å². The van der Waals surface area contributed by atoms with Crippen LogP contribution in [0.2, 0.25) is 0 Å². The molecule has 0 saturated heterocycles. The van der Waals surface area contributed by atoms with Crippen molar-refractivity contribution >= 4 is 0 Å². The Kier molecular flexibility index (Phi) is 3.71. The molecule has 0 saturated carbocycles. The number of aromatic hydroxyl groups is 1. The smallest absolute Gasteiger partial charge is 0.194 e. The molecule has 3 nitrogen and oxygen atoms in total. The SMILES string of the molecule is COc1ccc(CCCN)c(F)c1O. The minimum atomic E-state index is -0.613. The quantitative estimate of drug-likeness (QED) is 0.771. The summed E-state index contributed by atoms with van der Waals surface area (Å²) in [4.78, 5) is 0. The summed E-state index contributed by atoms with van der Waals surface area (Å²) in [6.07, 6.45) is 1.22. The Hall–Kier alpha value is -1.29. The molecule has 0 bridgehead atoms. The number of phenols is 1. The van der Waals surface area contributed by atoms with E-state index >= 15 is 0 Å². The third-order valence-electron chi connectivity index (χ3n) is 2.03. The summed E-state index contributed by atoms with van der Waals surface area (Å²) in [6.45, 7) is 0.506. The van der Waals surface area contributed by atoms with Crippen LogP contribution < -0.4 is 10.5 Å². The minimum Gasteiger partial charge on any atom is -0.502 e. The van der Waals surface area contributed by atoms with Gasteiger partial charge in [0, 0.05) is 0 Å². The highest BCUT2D eigenvalue weighted by molar-refractivity contribution is 5.43. The van der Waals surface area contributed by atoms with E-state index in [-0.39, 0.29) is 5.75 Å². The van der Waals surface area contributed by atoms with Gasteiger partial charge in [-0.2, -0.15) is 0 Å². The number of hydrogen-bond donors (Lipinski definition) is 2. The molecule has 0 radical (unpaired) electrons. The molecule has 0 spiro atoms. The molecule has 0 amide bonds. The second-order valence-corrected chi connectivity index (χ2v) is 2.98. The maximum Gasteiger partial charge on any atom is 0.194 e. The van der Waals surface area contributed by atoms with Gasteiger partial charge in [-0.1, -0.05) is 6.07 Å². The predicted octanol–water partition coefficient (Wildman–Crippen LogP) is 1.43. The Labute approximate surface area is 82.3 Å². The number of ether oxygens (including phenoxy) is 1. The first-order chi connectivity index (χ1) is 6.70. The van der Waals surface area contributed by atoms with Crippen LogP contribution in [0.25, 0.3) is 0 Å². The van der Waals surface area contributed by atoms with E-state index in [1.54, 1.807) is 12.1 Å². The number of nitrogens with two attached hydrogens (primary N) is 1. The van der Waals surface area contributed by atoms with Gasteiger partial charge in [-0.05, 0) is 31.0 Å². The first-order valence-electron chi connectivity index (χ1n) is 4.45. The largest absolute Gasteiger partial charge is 0.502 e. The number of methoxy groups -OCH3 is 1. The van der Waals surface area contributed by atoms with Crippen LogP contribution in [0.5, 0.6) is 11.5 Å². The van der Waals surface area contributed by atoms with Crippen molar-refractivity contribution < 1.29 is 14.2 Å². The van der Waals surface area contributed by atoms with Gasteiger partial charge >= 0.3 is 0 Å². The van der Waals surface area contributed by atoms with Crippen molar-refractivity contribution in [2.45, 2.75) is 12.8 Å². The second kappa shape index (κ2) is 4.81. The molecular weight excluding hydrogens is 185 g/mol. The first-order valence-corrected chi connectivity index (χ1v) is 4.45. The molecule has 0 unspecified atom stereocenters. The summed E-state index contributed by atoms with van der Waals surface area (Å²) in [5, 5.41) is 9.35. The van der Waals surface area contributed by atoms with Crippen molar-refractivity contribution in [3.8, 4) is 11.5 Å². The van der Waals surface area contributed by atoms with Gasteiger partial charge in [0.15, 0.2) is 17.3 Å². The zero-order valence-electron chi connectivity index (χ0n) is 8.09. The van der Waals surface area contributed by atoms with Crippen molar-refractivity contribution in [3.05, 3.63) is 23.5 Å². The maximum absolute atomic E-state index is 13.4. The van der Waals surface area contributed by atoms with E-state index in [0.29, 0.717) is 24.9 Å². The summed E-state index contributed by atoms with van der Waals surface area (Å²) in [6, 6.07) is 3.15. The van der Waals surface area contributed by atoms with Crippen LogP contribution in [-0.2, 0) is 6.42 Å². The van der Waals surface area contributed by atoms with Crippen LogP contribution in [-0.4, -0.2) is 18.8 Å². The Morgan fingerprint density at radius 2 is 2.21 bits per heavy atom. The summed E-state index contributed by atoms with van der Waals surface area (Å²) >= 11 is 0. The zero-order valence-corrected chi connectivity index (χ0v) is 8.09. The fourth-order valence-electron chi connectivity index (χ4n) is 1.24. The molecule has 4 heteroatoms.